The maximum Gasteiger partial charge on any atom is 0.339 e. The van der Waals surface area contributed by atoms with Gasteiger partial charge in [0.1, 0.15) is 11.4 Å². The van der Waals surface area contributed by atoms with E-state index in [1.54, 1.807) is 0 Å². The molecular formula is C9H6FNO3. The number of halogens is 1. The van der Waals surface area contributed by atoms with Crippen LogP contribution < -0.4 is 5.73 Å². The molecule has 0 aliphatic carbocycles. The van der Waals surface area contributed by atoms with Gasteiger partial charge in [-0.25, -0.2) is 9.18 Å². The molecule has 0 atom stereocenters. The Labute approximate surface area is 77.7 Å². The normalized spacial score (nSPS) is 10.6. The van der Waals surface area contributed by atoms with E-state index in [2.05, 4.69) is 0 Å². The largest absolute Gasteiger partial charge is 0.478 e. The van der Waals surface area contributed by atoms with Gasteiger partial charge in [0.15, 0.2) is 5.58 Å². The van der Waals surface area contributed by atoms with Gasteiger partial charge in [-0.15, -0.1) is 0 Å². The predicted molar refractivity (Wildman–Crippen MR) is 47.5 cm³/mol. The van der Waals surface area contributed by atoms with Crippen molar-refractivity contribution < 1.29 is 18.7 Å². The van der Waals surface area contributed by atoms with Crippen LogP contribution in [-0.4, -0.2) is 11.1 Å². The monoisotopic (exact) mass is 195 g/mol. The summed E-state index contributed by atoms with van der Waals surface area (Å²) < 4.78 is 18.1. The van der Waals surface area contributed by atoms with Crippen molar-refractivity contribution in [1.82, 2.24) is 0 Å². The van der Waals surface area contributed by atoms with Gasteiger partial charge in [0.25, 0.3) is 0 Å². The van der Waals surface area contributed by atoms with Gasteiger partial charge in [0.2, 0.25) is 0 Å². The van der Waals surface area contributed by atoms with Crippen LogP contribution in [0.5, 0.6) is 0 Å². The average Bonchev–Trinajstić information content (AvgIpc) is 2.51. The topological polar surface area (TPSA) is 76.5 Å². The molecule has 2 aromatic rings. The summed E-state index contributed by atoms with van der Waals surface area (Å²) in [6, 6.07) is 2.31. The molecule has 0 spiro atoms. The zero-order chi connectivity index (χ0) is 10.3. The van der Waals surface area contributed by atoms with Gasteiger partial charge in [-0.05, 0) is 6.07 Å². The molecule has 0 bridgehead atoms. The van der Waals surface area contributed by atoms with Crippen molar-refractivity contribution in [1.29, 1.82) is 0 Å². The molecule has 72 valence electrons. The zero-order valence-corrected chi connectivity index (χ0v) is 6.95. The highest BCUT2D eigenvalue weighted by molar-refractivity contribution is 6.05. The first-order chi connectivity index (χ1) is 6.61. The molecule has 5 heteroatoms. The number of furan rings is 1. The molecule has 0 radical (unpaired) electrons. The molecule has 2 rings (SSSR count). The number of carboxylic acids is 1. The fraction of sp³-hybridized carbons (Fsp3) is 0. The lowest BCUT2D eigenvalue weighted by molar-refractivity contribution is 0.0694. The molecule has 0 aliphatic rings. The van der Waals surface area contributed by atoms with Crippen molar-refractivity contribution in [3.05, 3.63) is 29.8 Å². The van der Waals surface area contributed by atoms with Crippen LogP contribution in [0.2, 0.25) is 0 Å². The van der Waals surface area contributed by atoms with Gasteiger partial charge in [0.05, 0.1) is 12.0 Å². The number of fused-ring (bicyclic) bond motifs is 1. The van der Waals surface area contributed by atoms with Crippen molar-refractivity contribution in [2.24, 2.45) is 0 Å². The Morgan fingerprint density at radius 3 is 2.93 bits per heavy atom. The third-order valence-corrected chi connectivity index (χ3v) is 1.93. The van der Waals surface area contributed by atoms with Gasteiger partial charge in [-0.2, -0.15) is 0 Å². The predicted octanol–water partition coefficient (Wildman–Crippen LogP) is 1.85. The number of hydrogen-bond donors (Lipinski definition) is 2. The highest BCUT2D eigenvalue weighted by Gasteiger charge is 2.18. The Hall–Kier alpha value is -2.04. The third kappa shape index (κ3) is 1.02. The van der Waals surface area contributed by atoms with Crippen molar-refractivity contribution in [2.45, 2.75) is 0 Å². The number of hydrogen-bond acceptors (Lipinski definition) is 3. The molecule has 0 amide bonds. The van der Waals surface area contributed by atoms with Crippen molar-refractivity contribution in [3.8, 4) is 0 Å². The number of nitrogen functional groups attached to an aromatic ring is 1. The first-order valence-electron chi connectivity index (χ1n) is 3.79. The first kappa shape index (κ1) is 8.55. The zero-order valence-electron chi connectivity index (χ0n) is 6.95. The number of carboxylic acid groups (broad SMARTS) is 1. The van der Waals surface area contributed by atoms with Gasteiger partial charge in [-0.1, -0.05) is 0 Å². The van der Waals surface area contributed by atoms with Gasteiger partial charge < -0.3 is 15.3 Å². The highest BCUT2D eigenvalue weighted by Crippen LogP contribution is 2.28. The van der Waals surface area contributed by atoms with Crippen LogP contribution in [0.15, 0.2) is 22.8 Å². The Bertz CT molecular complexity index is 518. The summed E-state index contributed by atoms with van der Waals surface area (Å²) in [5.41, 5.74) is 5.32. The number of carbonyl (C=O) groups is 1. The minimum atomic E-state index is -1.34. The Balaban J connectivity index is 2.93. The minimum absolute atomic E-state index is 0.0903. The molecule has 0 unspecified atom stereocenters. The van der Waals surface area contributed by atoms with Gasteiger partial charge in [-0.3, -0.25) is 0 Å². The van der Waals surface area contributed by atoms with E-state index in [4.69, 9.17) is 15.3 Å². The van der Waals surface area contributed by atoms with Crippen LogP contribution in [0.25, 0.3) is 11.0 Å². The molecule has 0 saturated carbocycles. The van der Waals surface area contributed by atoms with E-state index in [-0.39, 0.29) is 16.7 Å². The molecular weight excluding hydrogens is 189 g/mol. The SMILES string of the molecule is Nc1cc(F)c(C(=O)O)c2ccoc12. The second-order valence-electron chi connectivity index (χ2n) is 2.79. The summed E-state index contributed by atoms with van der Waals surface area (Å²) in [6.07, 6.45) is 1.27. The van der Waals surface area contributed by atoms with E-state index < -0.39 is 17.3 Å². The number of benzene rings is 1. The lowest BCUT2D eigenvalue weighted by Crippen LogP contribution is -2.02. The van der Waals surface area contributed by atoms with Crippen LogP contribution >= 0.6 is 0 Å². The molecule has 4 nitrogen and oxygen atoms in total. The summed E-state index contributed by atoms with van der Waals surface area (Å²) >= 11 is 0. The number of nitrogens with two attached hydrogens (primary N) is 1. The number of anilines is 1. The van der Waals surface area contributed by atoms with Crippen LogP contribution in [-0.2, 0) is 0 Å². The lowest BCUT2D eigenvalue weighted by Gasteiger charge is -2.01. The van der Waals surface area contributed by atoms with Crippen LogP contribution in [0, 0.1) is 5.82 Å². The number of rotatable bonds is 1. The van der Waals surface area contributed by atoms with Gasteiger partial charge >= 0.3 is 5.97 Å². The summed E-state index contributed by atoms with van der Waals surface area (Å²) in [7, 11) is 0. The second kappa shape index (κ2) is 2.73. The quantitative estimate of drug-likeness (QED) is 0.681. The first-order valence-corrected chi connectivity index (χ1v) is 3.79. The van der Waals surface area contributed by atoms with Crippen molar-refractivity contribution >= 4 is 22.6 Å². The Morgan fingerprint density at radius 1 is 1.57 bits per heavy atom. The third-order valence-electron chi connectivity index (χ3n) is 1.93. The average molecular weight is 195 g/mol. The summed E-state index contributed by atoms with van der Waals surface area (Å²) in [5, 5.41) is 8.93. The lowest BCUT2D eigenvalue weighted by atomic mass is 10.1. The molecule has 14 heavy (non-hydrogen) atoms. The number of aromatic carboxylic acids is 1. The van der Waals surface area contributed by atoms with Gasteiger partial charge in [0, 0.05) is 11.5 Å². The maximum absolute atomic E-state index is 13.2. The molecule has 0 fully saturated rings. The van der Waals surface area contributed by atoms with E-state index in [0.717, 1.165) is 6.07 Å². The molecule has 0 aliphatic heterocycles. The van der Waals surface area contributed by atoms with Crippen molar-refractivity contribution in [2.75, 3.05) is 5.73 Å². The molecule has 3 N–H and O–H groups in total. The molecule has 1 heterocycles. The Morgan fingerprint density at radius 2 is 2.29 bits per heavy atom. The highest BCUT2D eigenvalue weighted by atomic mass is 19.1. The smallest absolute Gasteiger partial charge is 0.339 e. The van der Waals surface area contributed by atoms with Crippen LogP contribution in [0.1, 0.15) is 10.4 Å². The van der Waals surface area contributed by atoms with E-state index in [9.17, 15) is 9.18 Å². The van der Waals surface area contributed by atoms with Crippen LogP contribution in [0.3, 0.4) is 0 Å². The summed E-state index contributed by atoms with van der Waals surface area (Å²) in [5.74, 6) is -2.20. The molecule has 1 aromatic carbocycles. The minimum Gasteiger partial charge on any atom is -0.478 e. The van der Waals surface area contributed by atoms with E-state index in [1.165, 1.54) is 12.3 Å². The Kier molecular flexibility index (Phi) is 1.67. The fourth-order valence-corrected chi connectivity index (χ4v) is 1.35. The van der Waals surface area contributed by atoms with Crippen LogP contribution in [0.4, 0.5) is 10.1 Å². The fourth-order valence-electron chi connectivity index (χ4n) is 1.35. The standard InChI is InChI=1S/C9H6FNO3/c10-5-3-6(11)8-4(1-2-14-8)7(5)9(12)13/h1-3H,11H2,(H,12,13). The van der Waals surface area contributed by atoms with Crippen molar-refractivity contribution in [3.63, 3.8) is 0 Å². The van der Waals surface area contributed by atoms with E-state index in [0.29, 0.717) is 0 Å². The summed E-state index contributed by atoms with van der Waals surface area (Å²) in [6.45, 7) is 0. The summed E-state index contributed by atoms with van der Waals surface area (Å²) in [4.78, 5) is 10.7. The maximum atomic E-state index is 13.2. The van der Waals surface area contributed by atoms with E-state index >= 15 is 0 Å². The second-order valence-corrected chi connectivity index (χ2v) is 2.79. The van der Waals surface area contributed by atoms with E-state index in [1.807, 2.05) is 0 Å². The molecule has 0 saturated heterocycles. The molecule has 1 aromatic heterocycles.